The Morgan fingerprint density at radius 1 is 0.921 bits per heavy atom. The smallest absolute Gasteiger partial charge is 0.250 e. The zero-order valence-corrected chi connectivity index (χ0v) is 23.4. The van der Waals surface area contributed by atoms with Crippen LogP contribution in [0.2, 0.25) is 0 Å². The first-order chi connectivity index (χ1) is 18.4. The number of rotatable bonds is 11. The van der Waals surface area contributed by atoms with E-state index < -0.39 is 16.1 Å². The molecule has 1 N–H and O–H groups in total. The fourth-order valence-electron chi connectivity index (χ4n) is 4.57. The molecule has 0 aliphatic carbocycles. The molecule has 3 aromatic rings. The fourth-order valence-corrected chi connectivity index (χ4v) is 6.77. The number of nitrogens with one attached hydrogen (secondary N) is 1. The van der Waals surface area contributed by atoms with Crippen molar-refractivity contribution in [3.63, 3.8) is 0 Å². The minimum atomic E-state index is -3.82. The van der Waals surface area contributed by atoms with E-state index in [9.17, 15) is 13.2 Å². The Kier molecular flexibility index (Phi) is 9.26. The first kappa shape index (κ1) is 27.9. The number of ether oxygens (including phenoxy) is 3. The molecule has 0 bridgehead atoms. The van der Waals surface area contributed by atoms with Crippen LogP contribution in [0.1, 0.15) is 11.1 Å². The fraction of sp³-hybridized carbons (Fsp3) is 0.370. The van der Waals surface area contributed by atoms with Gasteiger partial charge in [-0.3, -0.25) is 9.69 Å². The number of nitrogens with zero attached hydrogens (tertiary/aromatic N) is 2. The van der Waals surface area contributed by atoms with Crippen LogP contribution < -0.4 is 18.9 Å². The van der Waals surface area contributed by atoms with Gasteiger partial charge in [0.15, 0.2) is 11.5 Å². The number of benzene rings is 2. The van der Waals surface area contributed by atoms with Gasteiger partial charge in [0.05, 0.1) is 21.3 Å². The number of hydrogen-bond acceptors (Lipinski definition) is 8. The van der Waals surface area contributed by atoms with Gasteiger partial charge in [-0.2, -0.15) is 4.72 Å². The highest BCUT2D eigenvalue weighted by Crippen LogP contribution is 2.40. The van der Waals surface area contributed by atoms with Crippen LogP contribution >= 0.6 is 11.3 Å². The molecule has 2 aromatic carbocycles. The van der Waals surface area contributed by atoms with E-state index in [1.165, 1.54) is 6.07 Å². The summed E-state index contributed by atoms with van der Waals surface area (Å²) in [6, 6.07) is 15.6. The van der Waals surface area contributed by atoms with Crippen LogP contribution in [-0.2, 0) is 27.8 Å². The van der Waals surface area contributed by atoms with Crippen molar-refractivity contribution in [2.45, 2.75) is 23.2 Å². The highest BCUT2D eigenvalue weighted by molar-refractivity contribution is 7.91. The van der Waals surface area contributed by atoms with Crippen molar-refractivity contribution in [3.05, 3.63) is 71.1 Å². The predicted molar refractivity (Wildman–Crippen MR) is 147 cm³/mol. The van der Waals surface area contributed by atoms with Crippen molar-refractivity contribution < 1.29 is 27.4 Å². The maximum absolute atomic E-state index is 13.6. The van der Waals surface area contributed by atoms with Crippen molar-refractivity contribution in [1.82, 2.24) is 14.5 Å². The number of thiophene rings is 1. The lowest BCUT2D eigenvalue weighted by molar-refractivity contribution is -0.134. The van der Waals surface area contributed by atoms with E-state index in [1.54, 1.807) is 37.7 Å². The minimum absolute atomic E-state index is 0.192. The molecule has 1 atom stereocenters. The second-order valence-electron chi connectivity index (χ2n) is 8.89. The van der Waals surface area contributed by atoms with Gasteiger partial charge in [0.25, 0.3) is 10.0 Å². The largest absolute Gasteiger partial charge is 0.493 e. The molecule has 1 fully saturated rings. The van der Waals surface area contributed by atoms with Crippen LogP contribution in [0.15, 0.2) is 64.2 Å². The van der Waals surface area contributed by atoms with Crippen molar-refractivity contribution >= 4 is 27.3 Å². The zero-order chi connectivity index (χ0) is 27.1. The second-order valence-corrected chi connectivity index (χ2v) is 11.8. The van der Waals surface area contributed by atoms with Crippen LogP contribution in [0, 0.1) is 0 Å². The van der Waals surface area contributed by atoms with Crippen molar-refractivity contribution in [3.8, 4) is 17.2 Å². The Morgan fingerprint density at radius 2 is 1.63 bits per heavy atom. The number of carbonyl (C=O) groups excluding carboxylic acids is 1. The molecule has 1 aromatic heterocycles. The van der Waals surface area contributed by atoms with Crippen LogP contribution in [0.4, 0.5) is 0 Å². The van der Waals surface area contributed by atoms with E-state index in [0.29, 0.717) is 50.0 Å². The Hall–Kier alpha value is -3.12. The molecule has 0 radical (unpaired) electrons. The molecule has 1 amide bonds. The zero-order valence-electron chi connectivity index (χ0n) is 21.8. The van der Waals surface area contributed by atoms with Gasteiger partial charge in [-0.1, -0.05) is 42.5 Å². The number of piperazine rings is 1. The minimum Gasteiger partial charge on any atom is -0.493 e. The maximum Gasteiger partial charge on any atom is 0.250 e. The van der Waals surface area contributed by atoms with E-state index in [1.807, 2.05) is 42.5 Å². The highest BCUT2D eigenvalue weighted by atomic mass is 32.2. The molecule has 0 unspecified atom stereocenters. The number of methoxy groups -OCH3 is 3. The van der Waals surface area contributed by atoms with Gasteiger partial charge in [-0.05, 0) is 29.5 Å². The lowest BCUT2D eigenvalue weighted by atomic mass is 10.1. The molecular formula is C27H33N3O6S2. The van der Waals surface area contributed by atoms with E-state index in [2.05, 4.69) is 9.62 Å². The normalized spacial score (nSPS) is 15.2. The van der Waals surface area contributed by atoms with E-state index >= 15 is 0 Å². The Balaban J connectivity index is 1.45. The van der Waals surface area contributed by atoms with Crippen LogP contribution in [-0.4, -0.2) is 77.7 Å². The third kappa shape index (κ3) is 6.47. The molecule has 9 nitrogen and oxygen atoms in total. The summed E-state index contributed by atoms with van der Waals surface area (Å²) in [6.45, 7) is 2.86. The maximum atomic E-state index is 13.6. The van der Waals surface area contributed by atoms with Crippen molar-refractivity contribution in [2.75, 3.05) is 47.5 Å². The summed E-state index contributed by atoms with van der Waals surface area (Å²) in [6.07, 6.45) is 0.271. The van der Waals surface area contributed by atoms with Gasteiger partial charge in [0.2, 0.25) is 11.7 Å². The number of hydrogen-bond donors (Lipinski definition) is 1. The molecule has 2 heterocycles. The van der Waals surface area contributed by atoms with Gasteiger partial charge in [0, 0.05) is 38.3 Å². The predicted octanol–water partition coefficient (Wildman–Crippen LogP) is 3.01. The summed E-state index contributed by atoms with van der Waals surface area (Å²) in [5.41, 5.74) is 1.84. The van der Waals surface area contributed by atoms with Crippen molar-refractivity contribution in [1.29, 1.82) is 0 Å². The van der Waals surface area contributed by atoms with Gasteiger partial charge in [-0.15, -0.1) is 11.3 Å². The summed E-state index contributed by atoms with van der Waals surface area (Å²) in [5, 5.41) is 1.70. The standard InChI is InChI=1S/C27H33N3O6S2/c1-34-23-12-11-21(25(35-2)26(23)36-3)19-29-13-15-30(16-14-29)27(31)22(18-20-8-5-4-6-9-20)28-38(32,33)24-10-7-17-37-24/h4-12,17,22,28H,13-16,18-19H2,1-3H3/t22-/m0/s1. The topological polar surface area (TPSA) is 97.4 Å². The summed E-state index contributed by atoms with van der Waals surface area (Å²) < 4.78 is 45.3. The summed E-state index contributed by atoms with van der Waals surface area (Å²) >= 11 is 1.13. The lowest BCUT2D eigenvalue weighted by Crippen LogP contribution is -2.55. The Labute approximate surface area is 228 Å². The monoisotopic (exact) mass is 559 g/mol. The molecule has 38 heavy (non-hydrogen) atoms. The first-order valence-corrected chi connectivity index (χ1v) is 14.6. The molecule has 11 heteroatoms. The second kappa shape index (κ2) is 12.6. The van der Waals surface area contributed by atoms with Crippen LogP contribution in [0.5, 0.6) is 17.2 Å². The van der Waals surface area contributed by atoms with Gasteiger partial charge in [0.1, 0.15) is 10.3 Å². The van der Waals surface area contributed by atoms with Gasteiger partial charge < -0.3 is 19.1 Å². The van der Waals surface area contributed by atoms with Crippen molar-refractivity contribution in [2.24, 2.45) is 0 Å². The van der Waals surface area contributed by atoms with E-state index in [-0.39, 0.29) is 16.5 Å². The van der Waals surface area contributed by atoms with E-state index in [4.69, 9.17) is 14.2 Å². The molecule has 4 rings (SSSR count). The number of amides is 1. The average Bonchev–Trinajstić information content (AvgIpc) is 3.49. The van der Waals surface area contributed by atoms with Crippen LogP contribution in [0.3, 0.4) is 0 Å². The quantitative estimate of drug-likeness (QED) is 0.386. The molecule has 1 aliphatic heterocycles. The third-order valence-electron chi connectivity index (χ3n) is 6.50. The number of carbonyl (C=O) groups is 1. The Bertz CT molecular complexity index is 1310. The first-order valence-electron chi connectivity index (χ1n) is 12.2. The van der Waals surface area contributed by atoms with Crippen LogP contribution in [0.25, 0.3) is 0 Å². The summed E-state index contributed by atoms with van der Waals surface area (Å²) in [4.78, 5) is 17.6. The Morgan fingerprint density at radius 3 is 2.24 bits per heavy atom. The average molecular weight is 560 g/mol. The SMILES string of the molecule is COc1ccc(CN2CCN(C(=O)[C@H](Cc3ccccc3)NS(=O)(=O)c3cccs3)CC2)c(OC)c1OC. The highest BCUT2D eigenvalue weighted by Gasteiger charge is 2.32. The molecular weight excluding hydrogens is 526 g/mol. The third-order valence-corrected chi connectivity index (χ3v) is 9.37. The molecule has 1 saturated heterocycles. The molecule has 1 aliphatic rings. The van der Waals surface area contributed by atoms with Gasteiger partial charge >= 0.3 is 0 Å². The van der Waals surface area contributed by atoms with E-state index in [0.717, 1.165) is 22.5 Å². The summed E-state index contributed by atoms with van der Waals surface area (Å²) in [5.74, 6) is 1.54. The van der Waals surface area contributed by atoms with Gasteiger partial charge in [-0.25, -0.2) is 8.42 Å². The number of sulfonamides is 1. The lowest BCUT2D eigenvalue weighted by Gasteiger charge is -2.36. The molecule has 0 spiro atoms. The molecule has 204 valence electrons. The molecule has 0 saturated carbocycles. The summed E-state index contributed by atoms with van der Waals surface area (Å²) in [7, 11) is 0.940.